The normalized spacial score (nSPS) is 18.2. The molecule has 2 nitrogen and oxygen atoms in total. The van der Waals surface area contributed by atoms with Crippen molar-refractivity contribution in [3.05, 3.63) is 11.6 Å². The highest BCUT2D eigenvalue weighted by Crippen LogP contribution is 2.08. The van der Waals surface area contributed by atoms with Crippen LogP contribution in [0.1, 0.15) is 6.42 Å². The Morgan fingerprint density at radius 3 is 3.00 bits per heavy atom. The highest BCUT2D eigenvalue weighted by Gasteiger charge is 2.08. The molecule has 0 amide bonds. The summed E-state index contributed by atoms with van der Waals surface area (Å²) in [6, 6.07) is 2.15. The summed E-state index contributed by atoms with van der Waals surface area (Å²) >= 11 is 0. The Bertz CT molecular complexity index is 239. The Morgan fingerprint density at radius 1 is 1.73 bits per heavy atom. The monoisotopic (exact) mass is 146 g/mol. The van der Waals surface area contributed by atoms with Crippen molar-refractivity contribution in [2.45, 2.75) is 6.42 Å². The smallest absolute Gasteiger partial charge is 0.0944 e. The Kier molecular flexibility index (Phi) is 2.72. The molecular weight excluding hydrogens is 136 g/mol. The van der Waals surface area contributed by atoms with Gasteiger partial charge in [-0.3, -0.25) is 4.90 Å². The van der Waals surface area contributed by atoms with E-state index in [-0.39, 0.29) is 0 Å². The van der Waals surface area contributed by atoms with Gasteiger partial charge in [0.25, 0.3) is 0 Å². The fourth-order valence-corrected chi connectivity index (χ4v) is 1.09. The quantitative estimate of drug-likeness (QED) is 0.511. The second-order valence-corrected chi connectivity index (χ2v) is 2.53. The van der Waals surface area contributed by atoms with Crippen molar-refractivity contribution < 1.29 is 0 Å². The maximum atomic E-state index is 8.53. The summed E-state index contributed by atoms with van der Waals surface area (Å²) in [5.74, 6) is 2.58. The predicted octanol–water partition coefficient (Wildman–Crippen LogP) is 0.775. The van der Waals surface area contributed by atoms with Crippen molar-refractivity contribution in [1.82, 2.24) is 4.90 Å². The van der Waals surface area contributed by atoms with Crippen molar-refractivity contribution >= 4 is 0 Å². The van der Waals surface area contributed by atoms with Gasteiger partial charge in [0.2, 0.25) is 0 Å². The third-order valence-electron chi connectivity index (χ3n) is 1.75. The highest BCUT2D eigenvalue weighted by atomic mass is 15.1. The standard InChI is InChI=1S/C9H10N2/c1-2-5-11-6-3-9(8-10)4-7-11/h1,3H,4-7H2. The Hall–Kier alpha value is -1.25. The van der Waals surface area contributed by atoms with Gasteiger partial charge in [-0.05, 0) is 6.42 Å². The van der Waals surface area contributed by atoms with Gasteiger partial charge in [-0.2, -0.15) is 5.26 Å². The first-order chi connectivity index (χ1) is 5.36. The molecule has 11 heavy (non-hydrogen) atoms. The van der Waals surface area contributed by atoms with E-state index in [1.54, 1.807) is 0 Å². The molecule has 0 bridgehead atoms. The molecule has 2 heteroatoms. The lowest BCUT2D eigenvalue weighted by atomic mass is 10.1. The molecule has 1 rings (SSSR count). The summed E-state index contributed by atoms with van der Waals surface area (Å²) in [6.07, 6.45) is 7.94. The van der Waals surface area contributed by atoms with Gasteiger partial charge in [-0.25, -0.2) is 0 Å². The van der Waals surface area contributed by atoms with Crippen LogP contribution in [0.4, 0.5) is 0 Å². The minimum Gasteiger partial charge on any atom is -0.288 e. The molecule has 0 saturated carbocycles. The van der Waals surface area contributed by atoms with E-state index in [2.05, 4.69) is 16.9 Å². The van der Waals surface area contributed by atoms with E-state index < -0.39 is 0 Å². The fourth-order valence-electron chi connectivity index (χ4n) is 1.09. The highest BCUT2D eigenvalue weighted by molar-refractivity contribution is 5.23. The zero-order chi connectivity index (χ0) is 8.10. The summed E-state index contributed by atoms with van der Waals surface area (Å²) in [6.45, 7) is 2.44. The first kappa shape index (κ1) is 7.85. The van der Waals surface area contributed by atoms with Crippen LogP contribution < -0.4 is 0 Å². The predicted molar refractivity (Wildman–Crippen MR) is 43.6 cm³/mol. The summed E-state index contributed by atoms with van der Waals surface area (Å²) in [4.78, 5) is 2.14. The Morgan fingerprint density at radius 2 is 2.55 bits per heavy atom. The number of nitrogens with zero attached hydrogens (tertiary/aromatic N) is 2. The molecule has 1 heterocycles. The van der Waals surface area contributed by atoms with Gasteiger partial charge >= 0.3 is 0 Å². The molecule has 56 valence electrons. The van der Waals surface area contributed by atoms with Gasteiger partial charge in [-0.15, -0.1) is 6.42 Å². The minimum atomic E-state index is 0.690. The number of hydrogen-bond donors (Lipinski definition) is 0. The molecule has 1 aliphatic rings. The first-order valence-corrected chi connectivity index (χ1v) is 3.61. The third kappa shape index (κ3) is 2.11. The van der Waals surface area contributed by atoms with Gasteiger partial charge in [0, 0.05) is 18.7 Å². The topological polar surface area (TPSA) is 27.0 Å². The lowest BCUT2D eigenvalue weighted by Crippen LogP contribution is -2.28. The van der Waals surface area contributed by atoms with Gasteiger partial charge in [0.15, 0.2) is 0 Å². The van der Waals surface area contributed by atoms with E-state index in [4.69, 9.17) is 11.7 Å². The molecule has 0 aromatic rings. The molecular formula is C9H10N2. The van der Waals surface area contributed by atoms with Crippen LogP contribution in [0.15, 0.2) is 11.6 Å². The van der Waals surface area contributed by atoms with Gasteiger partial charge < -0.3 is 0 Å². The Labute approximate surface area is 67.1 Å². The fraction of sp³-hybridized carbons (Fsp3) is 0.444. The average Bonchev–Trinajstić information content (AvgIpc) is 2.07. The first-order valence-electron chi connectivity index (χ1n) is 3.61. The maximum absolute atomic E-state index is 8.53. The Balaban J connectivity index is 2.44. The summed E-state index contributed by atoms with van der Waals surface area (Å²) in [5, 5.41) is 8.53. The van der Waals surface area contributed by atoms with Crippen LogP contribution in [0.5, 0.6) is 0 Å². The lowest BCUT2D eigenvalue weighted by molar-refractivity contribution is 0.332. The molecule has 1 aliphatic heterocycles. The van der Waals surface area contributed by atoms with Crippen molar-refractivity contribution in [3.8, 4) is 18.4 Å². The zero-order valence-electron chi connectivity index (χ0n) is 6.38. The van der Waals surface area contributed by atoms with Crippen LogP contribution in [-0.2, 0) is 0 Å². The van der Waals surface area contributed by atoms with E-state index >= 15 is 0 Å². The average molecular weight is 146 g/mol. The SMILES string of the molecule is C#CCN1CC=C(C#N)CC1. The number of nitriles is 1. The van der Waals surface area contributed by atoms with Crippen LogP contribution >= 0.6 is 0 Å². The van der Waals surface area contributed by atoms with Crippen molar-refractivity contribution in [2.24, 2.45) is 0 Å². The van der Waals surface area contributed by atoms with Crippen LogP contribution in [0, 0.1) is 23.7 Å². The van der Waals surface area contributed by atoms with E-state index in [9.17, 15) is 0 Å². The molecule has 0 atom stereocenters. The molecule has 0 N–H and O–H groups in total. The van der Waals surface area contributed by atoms with E-state index in [0.29, 0.717) is 6.54 Å². The van der Waals surface area contributed by atoms with Gasteiger partial charge in [-0.1, -0.05) is 12.0 Å². The largest absolute Gasteiger partial charge is 0.288 e. The summed E-state index contributed by atoms with van der Waals surface area (Å²) < 4.78 is 0. The van der Waals surface area contributed by atoms with Crippen LogP contribution in [0.3, 0.4) is 0 Å². The van der Waals surface area contributed by atoms with E-state index in [1.165, 1.54) is 0 Å². The van der Waals surface area contributed by atoms with E-state index in [1.807, 2.05) is 6.08 Å². The second-order valence-electron chi connectivity index (χ2n) is 2.53. The molecule has 0 saturated heterocycles. The van der Waals surface area contributed by atoms with Crippen molar-refractivity contribution in [1.29, 1.82) is 5.26 Å². The van der Waals surface area contributed by atoms with Crippen LogP contribution in [0.25, 0.3) is 0 Å². The van der Waals surface area contributed by atoms with Gasteiger partial charge in [0.05, 0.1) is 12.6 Å². The van der Waals surface area contributed by atoms with Crippen molar-refractivity contribution in [2.75, 3.05) is 19.6 Å². The van der Waals surface area contributed by atoms with Crippen molar-refractivity contribution in [3.63, 3.8) is 0 Å². The second kappa shape index (κ2) is 3.81. The molecule has 0 spiro atoms. The molecule has 0 aromatic carbocycles. The van der Waals surface area contributed by atoms with Crippen LogP contribution in [0.2, 0.25) is 0 Å². The molecule has 0 aliphatic carbocycles. The lowest BCUT2D eigenvalue weighted by Gasteiger charge is -2.21. The maximum Gasteiger partial charge on any atom is 0.0944 e. The number of hydrogen-bond acceptors (Lipinski definition) is 2. The molecule has 0 radical (unpaired) electrons. The summed E-state index contributed by atoms with van der Waals surface area (Å²) in [7, 11) is 0. The third-order valence-corrected chi connectivity index (χ3v) is 1.75. The molecule has 0 fully saturated rings. The van der Waals surface area contributed by atoms with Gasteiger partial charge in [0.1, 0.15) is 0 Å². The number of rotatable bonds is 1. The van der Waals surface area contributed by atoms with E-state index in [0.717, 1.165) is 25.1 Å². The minimum absolute atomic E-state index is 0.690. The zero-order valence-corrected chi connectivity index (χ0v) is 6.38. The van der Waals surface area contributed by atoms with Crippen LogP contribution in [-0.4, -0.2) is 24.5 Å². The molecule has 0 aromatic heterocycles. The number of terminal acetylenes is 1. The molecule has 0 unspecified atom stereocenters. The summed E-state index contributed by atoms with van der Waals surface area (Å²) in [5.41, 5.74) is 0.887.